The number of thiocarbonyl (C=S) groups is 1. The highest BCUT2D eigenvalue weighted by Crippen LogP contribution is 2.44. The Morgan fingerprint density at radius 3 is 2.41 bits per heavy atom. The molecule has 1 aliphatic heterocycles. The Bertz CT molecular complexity index is 1330. The van der Waals surface area contributed by atoms with E-state index in [1.807, 2.05) is 42.6 Å². The van der Waals surface area contributed by atoms with Crippen molar-refractivity contribution in [3.63, 3.8) is 0 Å². The highest BCUT2D eigenvalue weighted by atomic mass is 35.5. The van der Waals surface area contributed by atoms with Crippen molar-refractivity contribution in [2.75, 3.05) is 0 Å². The maximum Gasteiger partial charge on any atom is 0.170 e. The minimum Gasteiger partial charge on any atom is -0.352 e. The molecule has 1 saturated heterocycles. The Labute approximate surface area is 211 Å². The fraction of sp³-hybridized carbons (Fsp3) is 0.214. The quantitative estimate of drug-likeness (QED) is 0.321. The molecule has 0 unspecified atom stereocenters. The maximum atomic E-state index is 6.35. The average molecular weight is 487 g/mol. The van der Waals surface area contributed by atoms with Gasteiger partial charge in [0.25, 0.3) is 0 Å². The van der Waals surface area contributed by atoms with Gasteiger partial charge in [0.2, 0.25) is 0 Å². The molecule has 172 valence electrons. The second-order valence-electron chi connectivity index (χ2n) is 8.76. The first-order chi connectivity index (χ1) is 16.5. The molecule has 4 aromatic rings. The Balaban J connectivity index is 1.67. The van der Waals surface area contributed by atoms with Crippen LogP contribution in [0.5, 0.6) is 0 Å². The molecular formula is C28H27ClN4S. The number of hydrogen-bond donors (Lipinski definition) is 1. The molecule has 4 nitrogen and oxygen atoms in total. The summed E-state index contributed by atoms with van der Waals surface area (Å²) in [6.45, 7) is 7.29. The van der Waals surface area contributed by atoms with Gasteiger partial charge < -0.3 is 14.8 Å². The van der Waals surface area contributed by atoms with E-state index in [9.17, 15) is 0 Å². The van der Waals surface area contributed by atoms with Crippen LogP contribution in [0.25, 0.3) is 5.69 Å². The summed E-state index contributed by atoms with van der Waals surface area (Å²) >= 11 is 12.2. The standard InChI is InChI=1S/C28H27ClN4S/c1-18-19(2)33(23-13-9-12-22(29)16-23)20(3)25(18)27-26(24-14-7-8-15-30-24)31-28(34)32(27)17-21-10-5-4-6-11-21/h4-16,26-27H,17H2,1-3H3,(H,31,34)/t26-,27-/m0/s1. The third-order valence-corrected chi connectivity index (χ3v) is 7.35. The van der Waals surface area contributed by atoms with Gasteiger partial charge in [-0.05, 0) is 74.4 Å². The minimum atomic E-state index is -0.0515. The van der Waals surface area contributed by atoms with E-state index in [1.165, 1.54) is 28.1 Å². The lowest BCUT2D eigenvalue weighted by Crippen LogP contribution is -2.29. The fourth-order valence-electron chi connectivity index (χ4n) is 5.11. The van der Waals surface area contributed by atoms with Crippen LogP contribution in [0.15, 0.2) is 79.0 Å². The van der Waals surface area contributed by atoms with Gasteiger partial charge in [0, 0.05) is 40.4 Å². The Morgan fingerprint density at radius 2 is 1.71 bits per heavy atom. The van der Waals surface area contributed by atoms with Crippen molar-refractivity contribution in [2.24, 2.45) is 0 Å². The molecule has 1 aliphatic rings. The van der Waals surface area contributed by atoms with Crippen LogP contribution >= 0.6 is 23.8 Å². The average Bonchev–Trinajstić information content (AvgIpc) is 3.27. The van der Waals surface area contributed by atoms with Crippen molar-refractivity contribution in [3.8, 4) is 5.69 Å². The molecule has 0 spiro atoms. The molecular weight excluding hydrogens is 460 g/mol. The van der Waals surface area contributed by atoms with E-state index in [1.54, 1.807) is 0 Å². The molecule has 1 fully saturated rings. The van der Waals surface area contributed by atoms with Crippen LogP contribution in [0.4, 0.5) is 0 Å². The Hall–Kier alpha value is -3.15. The molecule has 3 heterocycles. The lowest BCUT2D eigenvalue weighted by atomic mass is 9.93. The number of benzene rings is 2. The summed E-state index contributed by atoms with van der Waals surface area (Å²) in [5.41, 5.74) is 8.19. The Morgan fingerprint density at radius 1 is 0.941 bits per heavy atom. The van der Waals surface area contributed by atoms with E-state index in [0.29, 0.717) is 0 Å². The molecule has 2 aromatic carbocycles. The van der Waals surface area contributed by atoms with Gasteiger partial charge in [0.1, 0.15) is 0 Å². The largest absolute Gasteiger partial charge is 0.352 e. The topological polar surface area (TPSA) is 33.1 Å². The zero-order valence-corrected chi connectivity index (χ0v) is 21.1. The molecule has 0 aliphatic carbocycles. The van der Waals surface area contributed by atoms with Gasteiger partial charge in [-0.2, -0.15) is 0 Å². The maximum absolute atomic E-state index is 6.35. The van der Waals surface area contributed by atoms with E-state index in [-0.39, 0.29) is 12.1 Å². The van der Waals surface area contributed by atoms with E-state index in [4.69, 9.17) is 28.8 Å². The summed E-state index contributed by atoms with van der Waals surface area (Å²) in [6.07, 6.45) is 1.85. The second-order valence-corrected chi connectivity index (χ2v) is 9.59. The number of nitrogens with one attached hydrogen (secondary N) is 1. The third kappa shape index (κ3) is 3.99. The van der Waals surface area contributed by atoms with E-state index in [2.05, 4.69) is 72.0 Å². The lowest BCUT2D eigenvalue weighted by molar-refractivity contribution is 0.309. The van der Waals surface area contributed by atoms with Gasteiger partial charge >= 0.3 is 0 Å². The minimum absolute atomic E-state index is 0.00161. The Kier molecular flexibility index (Phi) is 6.15. The molecule has 6 heteroatoms. The van der Waals surface area contributed by atoms with Gasteiger partial charge in [-0.3, -0.25) is 4.98 Å². The summed E-state index contributed by atoms with van der Waals surface area (Å²) in [6, 6.07) is 24.5. The predicted molar refractivity (Wildman–Crippen MR) is 142 cm³/mol. The summed E-state index contributed by atoms with van der Waals surface area (Å²) in [4.78, 5) is 7.00. The number of aromatic nitrogens is 2. The van der Waals surface area contributed by atoms with Crippen LogP contribution < -0.4 is 5.32 Å². The van der Waals surface area contributed by atoms with Crippen LogP contribution in [-0.2, 0) is 6.54 Å². The van der Waals surface area contributed by atoms with Gasteiger partial charge in [-0.15, -0.1) is 0 Å². The second kappa shape index (κ2) is 9.24. The fourth-order valence-corrected chi connectivity index (χ4v) is 5.60. The summed E-state index contributed by atoms with van der Waals surface area (Å²) in [5, 5.41) is 5.06. The van der Waals surface area contributed by atoms with E-state index < -0.39 is 0 Å². The molecule has 1 N–H and O–H groups in total. The van der Waals surface area contributed by atoms with Crippen molar-refractivity contribution < 1.29 is 0 Å². The van der Waals surface area contributed by atoms with Crippen LogP contribution in [0.1, 0.15) is 45.9 Å². The van der Waals surface area contributed by atoms with Crippen LogP contribution in [0.3, 0.4) is 0 Å². The van der Waals surface area contributed by atoms with E-state index in [0.717, 1.165) is 28.1 Å². The molecule has 0 amide bonds. The molecule has 5 rings (SSSR count). The molecule has 34 heavy (non-hydrogen) atoms. The van der Waals surface area contributed by atoms with Crippen LogP contribution in [0.2, 0.25) is 5.02 Å². The predicted octanol–water partition coefficient (Wildman–Crippen LogP) is 6.62. The zero-order chi connectivity index (χ0) is 23.8. The summed E-state index contributed by atoms with van der Waals surface area (Å²) in [5.74, 6) is 0. The first-order valence-corrected chi connectivity index (χ1v) is 12.2. The number of halogens is 1. The van der Waals surface area contributed by atoms with Crippen molar-refractivity contribution in [1.82, 2.24) is 19.8 Å². The molecule has 0 bridgehead atoms. The highest BCUT2D eigenvalue weighted by Gasteiger charge is 2.42. The molecule has 2 atom stereocenters. The molecule has 0 radical (unpaired) electrons. The monoisotopic (exact) mass is 486 g/mol. The molecule has 0 saturated carbocycles. The van der Waals surface area contributed by atoms with Gasteiger partial charge in [-0.25, -0.2) is 0 Å². The number of hydrogen-bond acceptors (Lipinski definition) is 2. The smallest absolute Gasteiger partial charge is 0.170 e. The van der Waals surface area contributed by atoms with E-state index >= 15 is 0 Å². The first-order valence-electron chi connectivity index (χ1n) is 11.4. The van der Waals surface area contributed by atoms with Gasteiger partial charge in [0.15, 0.2) is 5.11 Å². The number of nitrogens with zero attached hydrogens (tertiary/aromatic N) is 3. The lowest BCUT2D eigenvalue weighted by Gasteiger charge is -2.29. The number of rotatable bonds is 5. The van der Waals surface area contributed by atoms with Crippen molar-refractivity contribution in [3.05, 3.63) is 118 Å². The summed E-state index contributed by atoms with van der Waals surface area (Å²) in [7, 11) is 0. The summed E-state index contributed by atoms with van der Waals surface area (Å²) < 4.78 is 2.30. The third-order valence-electron chi connectivity index (χ3n) is 6.76. The van der Waals surface area contributed by atoms with Crippen molar-refractivity contribution >= 4 is 28.9 Å². The SMILES string of the molecule is Cc1c([C@H]2[C@H](c3ccccn3)NC(=S)N2Cc2ccccc2)c(C)n(-c2cccc(Cl)c2)c1C. The van der Waals surface area contributed by atoms with Gasteiger partial charge in [-0.1, -0.05) is 54.1 Å². The number of pyridine rings is 1. The van der Waals surface area contributed by atoms with Crippen molar-refractivity contribution in [2.45, 2.75) is 39.4 Å². The van der Waals surface area contributed by atoms with Crippen LogP contribution in [0, 0.1) is 20.8 Å². The first kappa shape index (κ1) is 22.6. The zero-order valence-electron chi connectivity index (χ0n) is 19.5. The van der Waals surface area contributed by atoms with Gasteiger partial charge in [0.05, 0.1) is 17.8 Å². The highest BCUT2D eigenvalue weighted by molar-refractivity contribution is 7.80. The van der Waals surface area contributed by atoms with Crippen LogP contribution in [-0.4, -0.2) is 19.6 Å². The normalized spacial score (nSPS) is 17.8. The molecule has 2 aromatic heterocycles. The van der Waals surface area contributed by atoms with Crippen molar-refractivity contribution in [1.29, 1.82) is 0 Å².